The first kappa shape index (κ1) is 19.2. The molecule has 0 aliphatic heterocycles. The first-order valence-corrected chi connectivity index (χ1v) is 10.3. The number of hydrogen-bond donors (Lipinski definition) is 1. The van der Waals surface area contributed by atoms with Crippen molar-refractivity contribution in [1.82, 2.24) is 14.1 Å². The van der Waals surface area contributed by atoms with Gasteiger partial charge < -0.3 is 14.1 Å². The van der Waals surface area contributed by atoms with E-state index in [0.29, 0.717) is 21.7 Å². The molecule has 0 fully saturated rings. The quantitative estimate of drug-likeness (QED) is 0.435. The maximum atomic E-state index is 13.6. The van der Waals surface area contributed by atoms with E-state index >= 15 is 0 Å². The summed E-state index contributed by atoms with van der Waals surface area (Å²) in [5, 5.41) is 12.1. The number of aryl methyl sites for hydroxylation is 2. The maximum absolute atomic E-state index is 13.6. The van der Waals surface area contributed by atoms with Crippen molar-refractivity contribution in [2.45, 2.75) is 17.0 Å². The third kappa shape index (κ3) is 3.03. The minimum atomic E-state index is -0.725. The van der Waals surface area contributed by atoms with Gasteiger partial charge in [0.15, 0.2) is 16.5 Å². The molecule has 0 bridgehead atoms. The topological polar surface area (TPSA) is 90.3 Å². The zero-order valence-corrected chi connectivity index (χ0v) is 17.5. The Kier molecular flexibility index (Phi) is 4.44. The zero-order valence-electron chi connectivity index (χ0n) is 16.7. The SMILES string of the molecule is Cc1ccc2c3oc(=O)c(Sc4nccn4C)c(O)c3c(=O)n(-c3ccccc3)c2c1. The number of rotatable bonds is 3. The van der Waals surface area contributed by atoms with Gasteiger partial charge in [0, 0.05) is 30.5 Å². The van der Waals surface area contributed by atoms with Crippen molar-refractivity contribution in [2.75, 3.05) is 0 Å². The van der Waals surface area contributed by atoms with Crippen molar-refractivity contribution in [3.05, 3.63) is 87.3 Å². The molecule has 1 N–H and O–H groups in total. The number of nitrogens with zero attached hydrogens (tertiary/aromatic N) is 3. The molecule has 7 nitrogen and oxygen atoms in total. The minimum Gasteiger partial charge on any atom is -0.505 e. The minimum absolute atomic E-state index is 0.0449. The van der Waals surface area contributed by atoms with Gasteiger partial charge in [-0.25, -0.2) is 9.78 Å². The summed E-state index contributed by atoms with van der Waals surface area (Å²) in [5.74, 6) is -0.406. The Morgan fingerprint density at radius 3 is 2.58 bits per heavy atom. The molecule has 5 rings (SSSR count). The molecule has 0 aliphatic carbocycles. The second-order valence-corrected chi connectivity index (χ2v) is 8.17. The number of imidazole rings is 1. The Morgan fingerprint density at radius 1 is 1.10 bits per heavy atom. The maximum Gasteiger partial charge on any atom is 0.354 e. The Hall–Kier alpha value is -3.78. The summed E-state index contributed by atoms with van der Waals surface area (Å²) in [7, 11) is 1.77. The molecule has 5 aromatic rings. The van der Waals surface area contributed by atoms with Crippen LogP contribution in [-0.4, -0.2) is 19.2 Å². The molecule has 31 heavy (non-hydrogen) atoms. The molecule has 2 aromatic carbocycles. The lowest BCUT2D eigenvalue weighted by Crippen LogP contribution is -2.21. The molecule has 0 unspecified atom stereocenters. The number of aromatic nitrogens is 3. The molecule has 0 saturated carbocycles. The third-order valence-electron chi connectivity index (χ3n) is 5.10. The lowest BCUT2D eigenvalue weighted by molar-refractivity contribution is 0.447. The third-order valence-corrected chi connectivity index (χ3v) is 6.24. The molecule has 3 aromatic heterocycles. The Labute approximate surface area is 180 Å². The number of fused-ring (bicyclic) bond motifs is 3. The van der Waals surface area contributed by atoms with Crippen LogP contribution in [0.3, 0.4) is 0 Å². The van der Waals surface area contributed by atoms with Gasteiger partial charge in [0.25, 0.3) is 5.56 Å². The van der Waals surface area contributed by atoms with Crippen LogP contribution in [-0.2, 0) is 7.05 Å². The average Bonchev–Trinajstić information content (AvgIpc) is 3.16. The summed E-state index contributed by atoms with van der Waals surface area (Å²) < 4.78 is 8.84. The fraction of sp³-hybridized carbons (Fsp3) is 0.0870. The van der Waals surface area contributed by atoms with E-state index in [9.17, 15) is 14.7 Å². The van der Waals surface area contributed by atoms with Gasteiger partial charge in [-0.3, -0.25) is 9.36 Å². The van der Waals surface area contributed by atoms with Crippen LogP contribution < -0.4 is 11.2 Å². The molecule has 3 heterocycles. The zero-order chi connectivity index (χ0) is 21.7. The summed E-state index contributed by atoms with van der Waals surface area (Å²) in [5.41, 5.74) is 1.06. The molecule has 0 saturated heterocycles. The van der Waals surface area contributed by atoms with Crippen molar-refractivity contribution >= 4 is 33.6 Å². The number of benzene rings is 2. The van der Waals surface area contributed by atoms with Crippen molar-refractivity contribution in [1.29, 1.82) is 0 Å². The smallest absolute Gasteiger partial charge is 0.354 e. The van der Waals surface area contributed by atoms with Gasteiger partial charge in [-0.05, 0) is 48.5 Å². The van der Waals surface area contributed by atoms with Crippen LogP contribution >= 0.6 is 11.8 Å². The summed E-state index contributed by atoms with van der Waals surface area (Å²) in [6.07, 6.45) is 3.31. The van der Waals surface area contributed by atoms with E-state index in [1.165, 1.54) is 4.57 Å². The van der Waals surface area contributed by atoms with Crippen LogP contribution in [0.5, 0.6) is 5.75 Å². The largest absolute Gasteiger partial charge is 0.505 e. The molecule has 0 spiro atoms. The van der Waals surface area contributed by atoms with Gasteiger partial charge in [-0.1, -0.05) is 24.3 Å². The van der Waals surface area contributed by atoms with Gasteiger partial charge in [0.2, 0.25) is 0 Å². The van der Waals surface area contributed by atoms with Crippen molar-refractivity contribution in [3.63, 3.8) is 0 Å². The average molecular weight is 431 g/mol. The first-order chi connectivity index (χ1) is 15.0. The second-order valence-electron chi connectivity index (χ2n) is 7.19. The van der Waals surface area contributed by atoms with E-state index < -0.39 is 16.9 Å². The van der Waals surface area contributed by atoms with Gasteiger partial charge >= 0.3 is 5.63 Å². The number of pyridine rings is 1. The van der Waals surface area contributed by atoms with E-state index in [1.54, 1.807) is 30.1 Å². The lowest BCUT2D eigenvalue weighted by atomic mass is 10.1. The molecule has 0 radical (unpaired) electrons. The van der Waals surface area contributed by atoms with E-state index in [2.05, 4.69) is 4.98 Å². The van der Waals surface area contributed by atoms with Crippen molar-refractivity contribution in [2.24, 2.45) is 7.05 Å². The molecule has 154 valence electrons. The summed E-state index contributed by atoms with van der Waals surface area (Å²) in [6.45, 7) is 1.92. The van der Waals surface area contributed by atoms with E-state index in [4.69, 9.17) is 4.42 Å². The molecule has 0 aliphatic rings. The van der Waals surface area contributed by atoms with Crippen LogP contribution in [0.25, 0.3) is 27.6 Å². The Balaban J connectivity index is 1.92. The van der Waals surface area contributed by atoms with Gasteiger partial charge in [0.05, 0.1) is 5.52 Å². The van der Waals surface area contributed by atoms with Crippen molar-refractivity contribution in [3.8, 4) is 11.4 Å². The molecular formula is C23H17N3O4S. The van der Waals surface area contributed by atoms with Crippen LogP contribution in [0.1, 0.15) is 5.56 Å². The highest BCUT2D eigenvalue weighted by Crippen LogP contribution is 2.37. The van der Waals surface area contributed by atoms with Gasteiger partial charge in [-0.15, -0.1) is 0 Å². The highest BCUT2D eigenvalue weighted by atomic mass is 32.2. The standard InChI is InChI=1S/C23H17N3O4S/c1-13-8-9-15-16(12-13)26(14-6-4-3-5-7-14)21(28)17-18(27)20(22(29)30-19(15)17)31-23-24-10-11-25(23)2/h3-12,27H,1-2H3. The number of aromatic hydroxyl groups is 1. The number of hydrogen-bond acceptors (Lipinski definition) is 6. The summed E-state index contributed by atoms with van der Waals surface area (Å²) in [6, 6.07) is 14.7. The van der Waals surface area contributed by atoms with Crippen LogP contribution in [0.4, 0.5) is 0 Å². The predicted octanol–water partition coefficient (Wildman–Crippen LogP) is 4.00. The monoisotopic (exact) mass is 431 g/mol. The second kappa shape index (κ2) is 7.17. The highest BCUT2D eigenvalue weighted by molar-refractivity contribution is 7.99. The first-order valence-electron chi connectivity index (χ1n) is 9.51. The van der Waals surface area contributed by atoms with Crippen molar-refractivity contribution < 1.29 is 9.52 Å². The van der Waals surface area contributed by atoms with Crippen LogP contribution in [0.15, 0.2) is 85.0 Å². The number of para-hydroxylation sites is 1. The molecular weight excluding hydrogens is 414 g/mol. The fourth-order valence-corrected chi connectivity index (χ4v) is 4.43. The van der Waals surface area contributed by atoms with Gasteiger partial charge in [-0.2, -0.15) is 0 Å². The highest BCUT2D eigenvalue weighted by Gasteiger charge is 2.23. The van der Waals surface area contributed by atoms with E-state index in [1.807, 2.05) is 49.4 Å². The summed E-state index contributed by atoms with van der Waals surface area (Å²) in [4.78, 5) is 30.5. The molecule has 0 amide bonds. The van der Waals surface area contributed by atoms with Crippen LogP contribution in [0.2, 0.25) is 0 Å². The van der Waals surface area contributed by atoms with E-state index in [0.717, 1.165) is 17.3 Å². The summed E-state index contributed by atoms with van der Waals surface area (Å²) >= 11 is 0.955. The normalized spacial score (nSPS) is 11.4. The predicted molar refractivity (Wildman–Crippen MR) is 119 cm³/mol. The lowest BCUT2D eigenvalue weighted by Gasteiger charge is -2.14. The molecule has 0 atom stereocenters. The Bertz CT molecular complexity index is 1580. The van der Waals surface area contributed by atoms with E-state index in [-0.39, 0.29) is 15.9 Å². The van der Waals surface area contributed by atoms with Crippen LogP contribution in [0, 0.1) is 6.92 Å². The molecule has 8 heteroatoms. The Morgan fingerprint density at radius 2 is 1.87 bits per heavy atom. The van der Waals surface area contributed by atoms with Gasteiger partial charge in [0.1, 0.15) is 10.3 Å². The fourth-order valence-electron chi connectivity index (χ4n) is 3.60.